The van der Waals surface area contributed by atoms with E-state index in [9.17, 15) is 4.79 Å². The maximum Gasteiger partial charge on any atom is 0.255 e. The average molecular weight is 452 g/mol. The van der Waals surface area contributed by atoms with Gasteiger partial charge in [-0.2, -0.15) is 5.10 Å². The summed E-state index contributed by atoms with van der Waals surface area (Å²) in [7, 11) is 0. The fourth-order valence-electron chi connectivity index (χ4n) is 2.98. The molecule has 1 heterocycles. The van der Waals surface area contributed by atoms with Crippen LogP contribution in [0.3, 0.4) is 0 Å². The van der Waals surface area contributed by atoms with Crippen LogP contribution in [0.2, 0.25) is 10.0 Å². The largest absolute Gasteiger partial charge is 0.487 e. The van der Waals surface area contributed by atoms with Crippen LogP contribution in [-0.4, -0.2) is 15.7 Å². The normalized spacial score (nSPS) is 10.6. The molecule has 1 amide bonds. The highest BCUT2D eigenvalue weighted by molar-refractivity contribution is 6.34. The van der Waals surface area contributed by atoms with Gasteiger partial charge in [0.25, 0.3) is 5.91 Å². The van der Waals surface area contributed by atoms with Crippen LogP contribution in [0.4, 0.5) is 5.69 Å². The van der Waals surface area contributed by atoms with Crippen LogP contribution in [0, 0.1) is 0 Å². The highest BCUT2D eigenvalue weighted by atomic mass is 35.5. The smallest absolute Gasteiger partial charge is 0.255 e. The van der Waals surface area contributed by atoms with Crippen LogP contribution in [-0.2, 0) is 13.2 Å². The Kier molecular flexibility index (Phi) is 6.55. The molecule has 0 aliphatic carbocycles. The molecule has 5 nitrogen and oxygen atoms in total. The predicted octanol–water partition coefficient (Wildman–Crippen LogP) is 6.07. The monoisotopic (exact) mass is 451 g/mol. The predicted molar refractivity (Wildman–Crippen MR) is 123 cm³/mol. The highest BCUT2D eigenvalue weighted by Crippen LogP contribution is 2.28. The van der Waals surface area contributed by atoms with E-state index in [4.69, 9.17) is 27.9 Å². The fraction of sp³-hybridized carbons (Fsp3) is 0.0833. The van der Waals surface area contributed by atoms with Crippen molar-refractivity contribution in [1.82, 2.24) is 9.78 Å². The number of nitrogens with one attached hydrogen (secondary N) is 1. The zero-order valence-electron chi connectivity index (χ0n) is 16.5. The number of amides is 1. The molecule has 4 rings (SSSR count). The van der Waals surface area contributed by atoms with Crippen molar-refractivity contribution in [2.75, 3.05) is 5.32 Å². The molecule has 3 aromatic carbocycles. The van der Waals surface area contributed by atoms with Gasteiger partial charge in [-0.25, -0.2) is 0 Å². The SMILES string of the molecule is O=C(Nc1ccc(Cn2cccn2)cc1)c1ccc(COc2cc(Cl)ccc2Cl)cc1. The molecule has 31 heavy (non-hydrogen) atoms. The zero-order valence-corrected chi connectivity index (χ0v) is 18.0. The fourth-order valence-corrected chi connectivity index (χ4v) is 3.31. The van der Waals surface area contributed by atoms with Gasteiger partial charge in [-0.05, 0) is 53.6 Å². The number of aromatic nitrogens is 2. The van der Waals surface area contributed by atoms with Crippen LogP contribution in [0.25, 0.3) is 0 Å². The van der Waals surface area contributed by atoms with Crippen molar-refractivity contribution in [3.63, 3.8) is 0 Å². The summed E-state index contributed by atoms with van der Waals surface area (Å²) in [4.78, 5) is 12.5. The Morgan fingerprint density at radius 2 is 1.71 bits per heavy atom. The van der Waals surface area contributed by atoms with E-state index in [0.29, 0.717) is 34.5 Å². The number of nitrogens with zero attached hydrogens (tertiary/aromatic N) is 2. The third-order valence-electron chi connectivity index (χ3n) is 4.62. The maximum absolute atomic E-state index is 12.5. The van der Waals surface area contributed by atoms with Crippen molar-refractivity contribution in [2.24, 2.45) is 0 Å². The number of hydrogen-bond acceptors (Lipinski definition) is 3. The summed E-state index contributed by atoms with van der Waals surface area (Å²) in [6.45, 7) is 1.00. The third kappa shape index (κ3) is 5.66. The topological polar surface area (TPSA) is 56.2 Å². The van der Waals surface area contributed by atoms with Crippen LogP contribution in [0.5, 0.6) is 5.75 Å². The Bertz CT molecular complexity index is 1160. The molecule has 0 bridgehead atoms. The summed E-state index contributed by atoms with van der Waals surface area (Å²) in [6.07, 6.45) is 3.66. The van der Waals surface area contributed by atoms with Crippen molar-refractivity contribution < 1.29 is 9.53 Å². The molecule has 0 saturated heterocycles. The molecule has 0 aliphatic rings. The first-order valence-corrected chi connectivity index (χ1v) is 10.4. The second-order valence-corrected chi connectivity index (χ2v) is 7.76. The van der Waals surface area contributed by atoms with E-state index in [1.165, 1.54) is 0 Å². The summed E-state index contributed by atoms with van der Waals surface area (Å²) in [5.41, 5.74) is 3.31. The second-order valence-electron chi connectivity index (χ2n) is 6.92. The Morgan fingerprint density at radius 1 is 0.968 bits per heavy atom. The van der Waals surface area contributed by atoms with Gasteiger partial charge >= 0.3 is 0 Å². The number of rotatable bonds is 7. The summed E-state index contributed by atoms with van der Waals surface area (Å²) < 4.78 is 7.57. The first-order valence-electron chi connectivity index (χ1n) is 9.61. The Labute approximate surface area is 190 Å². The molecule has 0 atom stereocenters. The zero-order chi connectivity index (χ0) is 21.6. The molecule has 7 heteroatoms. The van der Waals surface area contributed by atoms with Gasteiger partial charge in [0.1, 0.15) is 12.4 Å². The lowest BCUT2D eigenvalue weighted by Gasteiger charge is -2.10. The lowest BCUT2D eigenvalue weighted by Crippen LogP contribution is -2.12. The Hall–Kier alpha value is -3.28. The molecular formula is C24H19Cl2N3O2. The lowest BCUT2D eigenvalue weighted by atomic mass is 10.1. The number of hydrogen-bond donors (Lipinski definition) is 1. The molecule has 0 saturated carbocycles. The number of halogens is 2. The van der Waals surface area contributed by atoms with Crippen LogP contribution < -0.4 is 10.1 Å². The molecule has 0 radical (unpaired) electrons. The van der Waals surface area contributed by atoms with Crippen molar-refractivity contribution >= 4 is 34.8 Å². The summed E-state index contributed by atoms with van der Waals surface area (Å²) >= 11 is 12.1. The quantitative estimate of drug-likeness (QED) is 0.370. The molecule has 1 aromatic heterocycles. The molecule has 1 N–H and O–H groups in total. The molecule has 156 valence electrons. The van der Waals surface area contributed by atoms with Crippen LogP contribution in [0.1, 0.15) is 21.5 Å². The van der Waals surface area contributed by atoms with E-state index in [2.05, 4.69) is 10.4 Å². The minimum absolute atomic E-state index is 0.176. The molecule has 4 aromatic rings. The van der Waals surface area contributed by atoms with Gasteiger partial charge in [-0.3, -0.25) is 9.48 Å². The van der Waals surface area contributed by atoms with E-state index in [1.807, 2.05) is 53.3 Å². The van der Waals surface area contributed by atoms with E-state index in [-0.39, 0.29) is 5.91 Å². The molecule has 0 spiro atoms. The number of anilines is 1. The second kappa shape index (κ2) is 9.69. The Morgan fingerprint density at radius 3 is 2.42 bits per heavy atom. The molecular weight excluding hydrogens is 433 g/mol. The van der Waals surface area contributed by atoms with Gasteiger partial charge in [-0.15, -0.1) is 0 Å². The lowest BCUT2D eigenvalue weighted by molar-refractivity contribution is 0.102. The molecule has 0 fully saturated rings. The summed E-state index contributed by atoms with van der Waals surface area (Å²) in [5, 5.41) is 8.16. The summed E-state index contributed by atoms with van der Waals surface area (Å²) in [6, 6.07) is 21.9. The standard InChI is InChI=1S/C24H19Cl2N3O2/c25-20-8-11-22(26)23(14-20)31-16-18-2-6-19(7-3-18)24(30)28-21-9-4-17(5-10-21)15-29-13-1-12-27-29/h1-14H,15-16H2,(H,28,30). The van der Waals surface area contributed by atoms with E-state index in [1.54, 1.807) is 36.5 Å². The number of ether oxygens (including phenoxy) is 1. The first kappa shape index (κ1) is 21.0. The van der Waals surface area contributed by atoms with E-state index < -0.39 is 0 Å². The van der Waals surface area contributed by atoms with Crippen LogP contribution >= 0.6 is 23.2 Å². The molecule has 0 aliphatic heterocycles. The van der Waals surface area contributed by atoms with Crippen LogP contribution in [0.15, 0.2) is 85.2 Å². The number of carbonyl (C=O) groups is 1. The van der Waals surface area contributed by atoms with Crippen molar-refractivity contribution in [1.29, 1.82) is 0 Å². The van der Waals surface area contributed by atoms with Gasteiger partial charge in [0.2, 0.25) is 0 Å². The van der Waals surface area contributed by atoms with Gasteiger partial charge < -0.3 is 10.1 Å². The van der Waals surface area contributed by atoms with E-state index in [0.717, 1.165) is 16.8 Å². The van der Waals surface area contributed by atoms with Gasteiger partial charge in [0.05, 0.1) is 11.6 Å². The molecule has 0 unspecified atom stereocenters. The van der Waals surface area contributed by atoms with E-state index >= 15 is 0 Å². The summed E-state index contributed by atoms with van der Waals surface area (Å²) in [5.74, 6) is 0.345. The average Bonchev–Trinajstić information content (AvgIpc) is 3.29. The maximum atomic E-state index is 12.5. The first-order chi connectivity index (χ1) is 15.1. The number of carbonyl (C=O) groups excluding carboxylic acids is 1. The van der Waals surface area contributed by atoms with Gasteiger partial charge in [-0.1, -0.05) is 47.5 Å². The van der Waals surface area contributed by atoms with Gasteiger partial charge in [0.15, 0.2) is 0 Å². The highest BCUT2D eigenvalue weighted by Gasteiger charge is 2.08. The van der Waals surface area contributed by atoms with Crippen molar-refractivity contribution in [3.8, 4) is 5.75 Å². The minimum Gasteiger partial charge on any atom is -0.487 e. The Balaban J connectivity index is 1.33. The van der Waals surface area contributed by atoms with Crippen molar-refractivity contribution in [2.45, 2.75) is 13.2 Å². The third-order valence-corrected chi connectivity index (χ3v) is 5.17. The van der Waals surface area contributed by atoms with Crippen molar-refractivity contribution in [3.05, 3.63) is 112 Å². The van der Waals surface area contributed by atoms with Gasteiger partial charge in [0, 0.05) is 34.7 Å². The number of benzene rings is 3. The minimum atomic E-state index is -0.176.